The molecule has 1 heteroatoms. The maximum Gasteiger partial charge on any atom is 0.0178 e. The topological polar surface area (TPSA) is 26.0 Å². The Morgan fingerprint density at radius 2 is 1.33 bits per heavy atom. The summed E-state index contributed by atoms with van der Waals surface area (Å²) < 4.78 is 0. The zero-order valence-corrected chi connectivity index (χ0v) is 19.2. The molecule has 0 atom stereocenters. The molecule has 0 radical (unpaired) electrons. The largest absolute Gasteiger partial charge is 0.326 e. The molecule has 2 aromatic carbocycles. The molecule has 27 heavy (non-hydrogen) atoms. The van der Waals surface area contributed by atoms with E-state index in [1.807, 2.05) is 6.92 Å². The zero-order valence-electron chi connectivity index (χ0n) is 19.2. The normalized spacial score (nSPS) is 10.3. The van der Waals surface area contributed by atoms with Crippen molar-refractivity contribution in [3.05, 3.63) is 81.9 Å². The summed E-state index contributed by atoms with van der Waals surface area (Å²) in [6, 6.07) is 10.9. The van der Waals surface area contributed by atoms with E-state index in [0.29, 0.717) is 12.0 Å². The van der Waals surface area contributed by atoms with Crippen molar-refractivity contribution in [2.24, 2.45) is 11.1 Å². The van der Waals surface area contributed by atoms with Crippen molar-refractivity contribution in [2.75, 3.05) is 0 Å². The van der Waals surface area contributed by atoms with Gasteiger partial charge in [0.05, 0.1) is 0 Å². The van der Waals surface area contributed by atoms with Gasteiger partial charge < -0.3 is 5.73 Å². The van der Waals surface area contributed by atoms with Crippen LogP contribution >= 0.6 is 0 Å². The van der Waals surface area contributed by atoms with E-state index in [9.17, 15) is 0 Å². The van der Waals surface area contributed by atoms with Gasteiger partial charge in [0.15, 0.2) is 0 Å². The summed E-state index contributed by atoms with van der Waals surface area (Å²) >= 11 is 0. The van der Waals surface area contributed by atoms with Crippen LogP contribution in [0.1, 0.15) is 66.6 Å². The van der Waals surface area contributed by atoms with Gasteiger partial charge in [-0.05, 0) is 86.8 Å². The van der Waals surface area contributed by atoms with Gasteiger partial charge in [-0.2, -0.15) is 0 Å². The fraction of sp³-hybridized carbons (Fsp3) is 0.462. The number of aryl methyl sites for hydroxylation is 5. The minimum Gasteiger partial charge on any atom is -0.326 e. The van der Waals surface area contributed by atoms with Crippen LogP contribution in [0, 0.1) is 40.0 Å². The average molecular weight is 368 g/mol. The van der Waals surface area contributed by atoms with Gasteiger partial charge in [0.1, 0.15) is 0 Å². The lowest BCUT2D eigenvalue weighted by molar-refractivity contribution is 0.409. The lowest BCUT2D eigenvalue weighted by Crippen LogP contribution is -2.11. The molecule has 0 saturated heterocycles. The number of benzene rings is 2. The average Bonchev–Trinajstić information content (AvgIpc) is 2.54. The van der Waals surface area contributed by atoms with Crippen molar-refractivity contribution < 1.29 is 0 Å². The van der Waals surface area contributed by atoms with Gasteiger partial charge in [-0.3, -0.25) is 0 Å². The number of allylic oxidation sites excluding steroid dienone is 1. The highest BCUT2D eigenvalue weighted by atomic mass is 14.5. The molecule has 0 fully saturated rings. The fourth-order valence-corrected chi connectivity index (χ4v) is 2.95. The highest BCUT2D eigenvalue weighted by molar-refractivity contribution is 5.38. The van der Waals surface area contributed by atoms with E-state index in [1.165, 1.54) is 45.4 Å². The van der Waals surface area contributed by atoms with Gasteiger partial charge in [0.2, 0.25) is 0 Å². The van der Waals surface area contributed by atoms with Crippen molar-refractivity contribution >= 4 is 0 Å². The molecule has 0 heterocycles. The molecule has 2 rings (SSSR count). The number of hydrogen-bond acceptors (Lipinski definition) is 1. The Balaban J connectivity index is 0.000000455. The van der Waals surface area contributed by atoms with Crippen LogP contribution in [-0.4, -0.2) is 0 Å². The lowest BCUT2D eigenvalue weighted by Gasteiger charge is -2.21. The van der Waals surface area contributed by atoms with Crippen molar-refractivity contribution in [1.82, 2.24) is 0 Å². The highest BCUT2D eigenvalue weighted by Gasteiger charge is 2.14. The van der Waals surface area contributed by atoms with E-state index < -0.39 is 0 Å². The molecule has 0 unspecified atom stereocenters. The van der Waals surface area contributed by atoms with E-state index in [2.05, 4.69) is 92.3 Å². The Bertz CT molecular complexity index is 694. The number of rotatable bonds is 2. The molecule has 0 aliphatic heterocycles. The molecule has 150 valence electrons. The molecule has 0 saturated carbocycles. The Hall–Kier alpha value is -1.86. The molecule has 0 amide bonds. The quantitative estimate of drug-likeness (QED) is 0.560. The van der Waals surface area contributed by atoms with Crippen LogP contribution in [0.5, 0.6) is 0 Å². The van der Waals surface area contributed by atoms with Crippen LogP contribution < -0.4 is 5.73 Å². The molecule has 0 aliphatic carbocycles. The monoisotopic (exact) mass is 367 g/mol. The summed E-state index contributed by atoms with van der Waals surface area (Å²) in [6.07, 6.45) is 2.92. The van der Waals surface area contributed by atoms with Crippen LogP contribution in [-0.2, 0) is 13.0 Å². The van der Waals surface area contributed by atoms with E-state index in [4.69, 9.17) is 5.73 Å². The minimum atomic E-state index is 0.380. The fourth-order valence-electron chi connectivity index (χ4n) is 2.95. The Morgan fingerprint density at radius 1 is 0.852 bits per heavy atom. The SMILES string of the molecule is C=CC.Cc1cc(C)c(CC(C)(C)C)c(C)c1.Cc1ccc(CN)cc1C. The molecule has 2 aromatic rings. The van der Waals surface area contributed by atoms with Crippen molar-refractivity contribution in [1.29, 1.82) is 0 Å². The molecule has 0 aliphatic rings. The van der Waals surface area contributed by atoms with Crippen molar-refractivity contribution in [3.8, 4) is 0 Å². The number of hydrogen-bond donors (Lipinski definition) is 1. The third-order valence-corrected chi connectivity index (χ3v) is 4.35. The first-order valence-electron chi connectivity index (χ1n) is 9.85. The second-order valence-electron chi connectivity index (χ2n) is 8.65. The van der Waals surface area contributed by atoms with Crippen LogP contribution in [0.15, 0.2) is 43.0 Å². The molecule has 0 bridgehead atoms. The summed E-state index contributed by atoms with van der Waals surface area (Å²) in [5.74, 6) is 0. The van der Waals surface area contributed by atoms with E-state index in [0.717, 1.165) is 0 Å². The Morgan fingerprint density at radius 3 is 1.70 bits per heavy atom. The Labute approximate surface area is 168 Å². The number of nitrogens with two attached hydrogens (primary N) is 1. The highest BCUT2D eigenvalue weighted by Crippen LogP contribution is 2.26. The zero-order chi connectivity index (χ0) is 21.2. The van der Waals surface area contributed by atoms with Gasteiger partial charge in [-0.15, -0.1) is 6.58 Å². The van der Waals surface area contributed by atoms with Gasteiger partial charge in [-0.1, -0.05) is 62.7 Å². The smallest absolute Gasteiger partial charge is 0.0178 e. The molecule has 0 spiro atoms. The Kier molecular flexibility index (Phi) is 11.0. The summed E-state index contributed by atoms with van der Waals surface area (Å²) in [6.45, 7) is 23.6. The second-order valence-corrected chi connectivity index (χ2v) is 8.65. The van der Waals surface area contributed by atoms with Crippen LogP contribution in [0.3, 0.4) is 0 Å². The summed E-state index contributed by atoms with van der Waals surface area (Å²) in [5, 5.41) is 0. The first-order valence-corrected chi connectivity index (χ1v) is 9.85. The predicted octanol–water partition coefficient (Wildman–Crippen LogP) is 7.15. The molecular weight excluding hydrogens is 326 g/mol. The standard InChI is InChI=1S/C14H22.C9H13N.C3H6/c1-10-7-11(2)13(12(3)8-10)9-14(4,5)6;1-7-3-4-9(6-10)5-8(7)2;1-3-2/h7-8H,9H2,1-6H3;3-5H,6,10H2,1-2H3;3H,1H2,2H3. The summed E-state index contributed by atoms with van der Waals surface area (Å²) in [7, 11) is 0. The maximum absolute atomic E-state index is 5.47. The van der Waals surface area contributed by atoms with Crippen molar-refractivity contribution in [2.45, 2.75) is 75.3 Å². The third kappa shape index (κ3) is 10.2. The van der Waals surface area contributed by atoms with E-state index >= 15 is 0 Å². The predicted molar refractivity (Wildman–Crippen MR) is 123 cm³/mol. The van der Waals surface area contributed by atoms with Crippen LogP contribution in [0.4, 0.5) is 0 Å². The molecule has 0 aromatic heterocycles. The first kappa shape index (κ1) is 25.1. The first-order chi connectivity index (χ1) is 12.4. The molecular formula is C26H41N. The third-order valence-electron chi connectivity index (χ3n) is 4.35. The minimum absolute atomic E-state index is 0.380. The van der Waals surface area contributed by atoms with Gasteiger partial charge >= 0.3 is 0 Å². The van der Waals surface area contributed by atoms with Crippen molar-refractivity contribution in [3.63, 3.8) is 0 Å². The van der Waals surface area contributed by atoms with Gasteiger partial charge in [0.25, 0.3) is 0 Å². The van der Waals surface area contributed by atoms with Gasteiger partial charge in [-0.25, -0.2) is 0 Å². The molecule has 2 N–H and O–H groups in total. The maximum atomic E-state index is 5.47. The summed E-state index contributed by atoms with van der Waals surface area (Å²) in [4.78, 5) is 0. The molecule has 1 nitrogen and oxygen atoms in total. The van der Waals surface area contributed by atoms with E-state index in [-0.39, 0.29) is 0 Å². The van der Waals surface area contributed by atoms with Gasteiger partial charge in [0, 0.05) is 6.54 Å². The second kappa shape index (κ2) is 11.8. The summed E-state index contributed by atoms with van der Waals surface area (Å²) in [5.41, 5.74) is 15.5. The van der Waals surface area contributed by atoms with E-state index in [1.54, 1.807) is 6.08 Å². The lowest BCUT2D eigenvalue weighted by atomic mass is 9.84. The van der Waals surface area contributed by atoms with Crippen LogP contribution in [0.2, 0.25) is 0 Å². The van der Waals surface area contributed by atoms with Crippen LogP contribution in [0.25, 0.3) is 0 Å².